The summed E-state index contributed by atoms with van der Waals surface area (Å²) in [6.45, 7) is 4.31. The predicted octanol–water partition coefficient (Wildman–Crippen LogP) is 4.10. The van der Waals surface area contributed by atoms with Crippen molar-refractivity contribution in [3.63, 3.8) is 0 Å². The largest absolute Gasteiger partial charge is 0.469 e. The maximum Gasteiger partial charge on any atom is 0.100 e. The van der Waals surface area contributed by atoms with Gasteiger partial charge in [0, 0.05) is 5.38 Å². The van der Waals surface area contributed by atoms with Crippen LogP contribution in [0.2, 0.25) is 0 Å². The maximum atomic E-state index is 6.20. The normalized spacial score (nSPS) is 33.2. The zero-order valence-corrected chi connectivity index (χ0v) is 9.55. The molecule has 0 amide bonds. The Morgan fingerprint density at radius 3 is 2.86 bits per heavy atom. The Labute approximate surface area is 90.4 Å². The molecule has 1 nitrogen and oxygen atoms in total. The van der Waals surface area contributed by atoms with Gasteiger partial charge in [0.15, 0.2) is 0 Å². The van der Waals surface area contributed by atoms with Crippen LogP contribution < -0.4 is 0 Å². The number of rotatable bonds is 1. The van der Waals surface area contributed by atoms with Crippen LogP contribution in [0.4, 0.5) is 0 Å². The van der Waals surface area contributed by atoms with Gasteiger partial charge < -0.3 is 4.42 Å². The molecule has 3 unspecified atom stereocenters. The van der Waals surface area contributed by atoms with Gasteiger partial charge in [0.05, 0.1) is 6.26 Å². The molecular weight excluding hydrogens is 196 g/mol. The molecule has 78 valence electrons. The Hall–Kier alpha value is -0.430. The van der Waals surface area contributed by atoms with Gasteiger partial charge in [-0.1, -0.05) is 6.92 Å². The molecule has 0 radical (unpaired) electrons. The Morgan fingerprint density at radius 1 is 1.43 bits per heavy atom. The van der Waals surface area contributed by atoms with Gasteiger partial charge in [-0.25, -0.2) is 0 Å². The predicted molar refractivity (Wildman–Crippen MR) is 58.8 cm³/mol. The quantitative estimate of drug-likeness (QED) is 0.639. The van der Waals surface area contributed by atoms with E-state index in [9.17, 15) is 0 Å². The molecular formula is C12H17ClO. The van der Waals surface area contributed by atoms with Crippen LogP contribution in [0.25, 0.3) is 0 Å². The summed E-state index contributed by atoms with van der Waals surface area (Å²) in [7, 11) is 0. The standard InChI is InChI=1S/C12H17ClO/c1-8-3-4-11(13)6-12(8)10-5-9(2)14-7-10/h5,7-8,11-12H,3-4,6H2,1-2H3. The third kappa shape index (κ3) is 1.98. The van der Waals surface area contributed by atoms with Crippen LogP contribution in [0, 0.1) is 12.8 Å². The third-order valence-electron chi connectivity index (χ3n) is 3.31. The summed E-state index contributed by atoms with van der Waals surface area (Å²) in [6, 6.07) is 2.15. The molecule has 1 aromatic rings. The monoisotopic (exact) mass is 212 g/mol. The summed E-state index contributed by atoms with van der Waals surface area (Å²) >= 11 is 6.20. The van der Waals surface area contributed by atoms with Crippen molar-refractivity contribution in [2.24, 2.45) is 5.92 Å². The van der Waals surface area contributed by atoms with Crippen molar-refractivity contribution >= 4 is 11.6 Å². The molecule has 0 saturated heterocycles. The molecule has 1 fully saturated rings. The van der Waals surface area contributed by atoms with Gasteiger partial charge in [-0.05, 0) is 49.7 Å². The van der Waals surface area contributed by atoms with E-state index in [1.54, 1.807) is 0 Å². The highest BCUT2D eigenvalue weighted by molar-refractivity contribution is 6.20. The molecule has 2 heteroatoms. The van der Waals surface area contributed by atoms with E-state index in [0.717, 1.165) is 24.5 Å². The number of halogens is 1. The minimum Gasteiger partial charge on any atom is -0.469 e. The van der Waals surface area contributed by atoms with Crippen LogP contribution in [0.3, 0.4) is 0 Å². The first kappa shape index (κ1) is 10.1. The molecule has 0 aliphatic heterocycles. The number of furan rings is 1. The summed E-state index contributed by atoms with van der Waals surface area (Å²) in [6.07, 6.45) is 5.40. The van der Waals surface area contributed by atoms with Gasteiger partial charge in [0.2, 0.25) is 0 Å². The van der Waals surface area contributed by atoms with Crippen LogP contribution in [0.5, 0.6) is 0 Å². The van der Waals surface area contributed by atoms with E-state index in [1.165, 1.54) is 12.0 Å². The lowest BCUT2D eigenvalue weighted by atomic mass is 9.77. The Morgan fingerprint density at radius 2 is 2.21 bits per heavy atom. The van der Waals surface area contributed by atoms with Gasteiger partial charge in [-0.2, -0.15) is 0 Å². The fourth-order valence-corrected chi connectivity index (χ4v) is 2.71. The van der Waals surface area contributed by atoms with Crippen molar-refractivity contribution in [2.45, 2.75) is 44.4 Å². The molecule has 1 saturated carbocycles. The number of hydrogen-bond acceptors (Lipinski definition) is 1. The van der Waals surface area contributed by atoms with Crippen molar-refractivity contribution in [1.29, 1.82) is 0 Å². The van der Waals surface area contributed by atoms with E-state index >= 15 is 0 Å². The smallest absolute Gasteiger partial charge is 0.100 e. The van der Waals surface area contributed by atoms with Crippen LogP contribution in [0.1, 0.15) is 43.4 Å². The second-order valence-electron chi connectivity index (χ2n) is 4.48. The molecule has 0 aromatic carbocycles. The van der Waals surface area contributed by atoms with Crippen molar-refractivity contribution in [3.05, 3.63) is 23.7 Å². The summed E-state index contributed by atoms with van der Waals surface area (Å²) in [5, 5.41) is 0.353. The van der Waals surface area contributed by atoms with Crippen molar-refractivity contribution < 1.29 is 4.42 Å². The van der Waals surface area contributed by atoms with Gasteiger partial charge in [-0.15, -0.1) is 11.6 Å². The average Bonchev–Trinajstić information content (AvgIpc) is 2.56. The molecule has 1 heterocycles. The van der Waals surface area contributed by atoms with Gasteiger partial charge in [0.25, 0.3) is 0 Å². The second-order valence-corrected chi connectivity index (χ2v) is 5.10. The minimum atomic E-state index is 0.353. The maximum absolute atomic E-state index is 6.20. The van der Waals surface area contributed by atoms with Crippen molar-refractivity contribution in [2.75, 3.05) is 0 Å². The molecule has 0 spiro atoms. The first-order valence-electron chi connectivity index (χ1n) is 5.36. The van der Waals surface area contributed by atoms with E-state index in [-0.39, 0.29) is 0 Å². The topological polar surface area (TPSA) is 13.1 Å². The lowest BCUT2D eigenvalue weighted by molar-refractivity contribution is 0.333. The molecule has 14 heavy (non-hydrogen) atoms. The highest BCUT2D eigenvalue weighted by atomic mass is 35.5. The Balaban J connectivity index is 2.15. The van der Waals surface area contributed by atoms with Crippen molar-refractivity contribution in [1.82, 2.24) is 0 Å². The Bertz CT molecular complexity index is 305. The molecule has 1 aromatic heterocycles. The highest BCUT2D eigenvalue weighted by Gasteiger charge is 2.28. The lowest BCUT2D eigenvalue weighted by Gasteiger charge is -2.30. The van der Waals surface area contributed by atoms with Gasteiger partial charge in [0.1, 0.15) is 5.76 Å². The zero-order chi connectivity index (χ0) is 10.1. The Kier molecular flexibility index (Phi) is 2.87. The van der Waals surface area contributed by atoms with Crippen LogP contribution in [0.15, 0.2) is 16.7 Å². The minimum absolute atomic E-state index is 0.353. The fraction of sp³-hybridized carbons (Fsp3) is 0.667. The molecule has 1 aliphatic carbocycles. The SMILES string of the molecule is Cc1cc(C2CC(Cl)CCC2C)co1. The molecule has 1 aliphatic rings. The summed E-state index contributed by atoms with van der Waals surface area (Å²) in [5.74, 6) is 2.34. The van der Waals surface area contributed by atoms with Crippen LogP contribution in [-0.2, 0) is 0 Å². The first-order chi connectivity index (χ1) is 6.66. The van der Waals surface area contributed by atoms with E-state index in [1.807, 2.05) is 13.2 Å². The summed E-state index contributed by atoms with van der Waals surface area (Å²) < 4.78 is 5.36. The third-order valence-corrected chi connectivity index (χ3v) is 3.71. The number of alkyl halides is 1. The number of hydrogen-bond donors (Lipinski definition) is 0. The van der Waals surface area contributed by atoms with E-state index < -0.39 is 0 Å². The average molecular weight is 213 g/mol. The molecule has 2 rings (SSSR count). The summed E-state index contributed by atoms with van der Waals surface area (Å²) in [4.78, 5) is 0. The molecule has 3 atom stereocenters. The van der Waals surface area contributed by atoms with Crippen LogP contribution >= 0.6 is 11.6 Å². The highest BCUT2D eigenvalue weighted by Crippen LogP contribution is 2.39. The fourth-order valence-electron chi connectivity index (χ4n) is 2.39. The van der Waals surface area contributed by atoms with Crippen LogP contribution in [-0.4, -0.2) is 5.38 Å². The molecule has 0 bridgehead atoms. The van der Waals surface area contributed by atoms with E-state index in [4.69, 9.17) is 16.0 Å². The zero-order valence-electron chi connectivity index (χ0n) is 8.79. The van der Waals surface area contributed by atoms with E-state index in [0.29, 0.717) is 11.3 Å². The second kappa shape index (κ2) is 3.98. The van der Waals surface area contributed by atoms with Gasteiger partial charge in [-0.3, -0.25) is 0 Å². The van der Waals surface area contributed by atoms with E-state index in [2.05, 4.69) is 13.0 Å². The first-order valence-corrected chi connectivity index (χ1v) is 5.79. The number of aryl methyl sites for hydroxylation is 1. The van der Waals surface area contributed by atoms with Crippen molar-refractivity contribution in [3.8, 4) is 0 Å². The lowest BCUT2D eigenvalue weighted by Crippen LogP contribution is -2.21. The summed E-state index contributed by atoms with van der Waals surface area (Å²) in [5.41, 5.74) is 1.33. The van der Waals surface area contributed by atoms with Gasteiger partial charge >= 0.3 is 0 Å². The molecule has 0 N–H and O–H groups in total.